The summed E-state index contributed by atoms with van der Waals surface area (Å²) in [7, 11) is 3.85. The molecule has 12 heteroatoms. The molecule has 0 saturated carbocycles. The molecule has 0 spiro atoms. The molecule has 6 rings (SSSR count). The number of amides is 2. The number of anilines is 1. The lowest BCUT2D eigenvalue weighted by atomic mass is 10.00. The molecule has 0 bridgehead atoms. The molecule has 2 saturated heterocycles. The molecule has 12 nitrogen and oxygen atoms in total. The topological polar surface area (TPSA) is 134 Å². The number of carbonyl (C=O) groups excluding carboxylic acids is 2. The molecule has 2 aliphatic rings. The third-order valence-corrected chi connectivity index (χ3v) is 8.86. The largest absolute Gasteiger partial charge is 0.494 e. The molecular formula is C35H39N7O5. The minimum absolute atomic E-state index is 0.00314. The summed E-state index contributed by atoms with van der Waals surface area (Å²) < 4.78 is 1.19. The van der Waals surface area contributed by atoms with Gasteiger partial charge >= 0.3 is 12.0 Å². The normalized spacial score (nSPS) is 16.4. The third-order valence-electron chi connectivity index (χ3n) is 8.86. The van der Waals surface area contributed by atoms with Crippen LogP contribution in [0.3, 0.4) is 0 Å². The third kappa shape index (κ3) is 6.75. The SMILES string of the molecule is CN1CCN(CC(=O)N(C)c2ccc(N=C(c3ccccc3)c3c(O)n(C(=O)N4CCNCC4)c4cc(C(=O)O)ccc34)cc2)CC1. The van der Waals surface area contributed by atoms with E-state index in [0.717, 1.165) is 31.9 Å². The van der Waals surface area contributed by atoms with Gasteiger partial charge in [0.1, 0.15) is 0 Å². The zero-order valence-corrected chi connectivity index (χ0v) is 26.6. The Morgan fingerprint density at radius 3 is 2.21 bits per heavy atom. The van der Waals surface area contributed by atoms with Crippen LogP contribution in [-0.2, 0) is 4.79 Å². The van der Waals surface area contributed by atoms with E-state index in [9.17, 15) is 24.6 Å². The minimum atomic E-state index is -1.14. The van der Waals surface area contributed by atoms with Crippen molar-refractivity contribution in [2.75, 3.05) is 77.9 Å². The Bertz CT molecular complexity index is 1810. The number of carboxylic acid groups (broad SMARTS) is 1. The predicted molar refractivity (Wildman–Crippen MR) is 181 cm³/mol. The van der Waals surface area contributed by atoms with E-state index >= 15 is 0 Å². The van der Waals surface area contributed by atoms with E-state index in [2.05, 4.69) is 22.2 Å². The predicted octanol–water partition coefficient (Wildman–Crippen LogP) is 3.30. The highest BCUT2D eigenvalue weighted by atomic mass is 16.4. The molecule has 244 valence electrons. The van der Waals surface area contributed by atoms with Crippen molar-refractivity contribution < 1.29 is 24.6 Å². The van der Waals surface area contributed by atoms with Gasteiger partial charge in [0.15, 0.2) is 0 Å². The molecule has 0 aliphatic carbocycles. The van der Waals surface area contributed by atoms with Gasteiger partial charge < -0.3 is 30.2 Å². The highest BCUT2D eigenvalue weighted by Crippen LogP contribution is 2.36. The average molecular weight is 638 g/mol. The first kappa shape index (κ1) is 31.9. The quantitative estimate of drug-likeness (QED) is 0.263. The molecule has 2 aliphatic heterocycles. The van der Waals surface area contributed by atoms with E-state index in [0.29, 0.717) is 60.6 Å². The summed E-state index contributed by atoms with van der Waals surface area (Å²) in [4.78, 5) is 51.5. The summed E-state index contributed by atoms with van der Waals surface area (Å²) in [5, 5.41) is 25.2. The highest BCUT2D eigenvalue weighted by Gasteiger charge is 2.29. The molecule has 4 aromatic rings. The van der Waals surface area contributed by atoms with Gasteiger partial charge in [0.05, 0.1) is 34.6 Å². The zero-order chi connectivity index (χ0) is 33.1. The first-order valence-electron chi connectivity index (χ1n) is 15.7. The number of benzene rings is 3. The number of piperazine rings is 2. The lowest BCUT2D eigenvalue weighted by molar-refractivity contribution is -0.119. The highest BCUT2D eigenvalue weighted by molar-refractivity contribution is 6.23. The first-order valence-corrected chi connectivity index (χ1v) is 15.7. The van der Waals surface area contributed by atoms with Crippen LogP contribution < -0.4 is 10.2 Å². The number of carbonyl (C=O) groups is 3. The van der Waals surface area contributed by atoms with Crippen LogP contribution in [0.15, 0.2) is 77.8 Å². The second-order valence-corrected chi connectivity index (χ2v) is 12.0. The Morgan fingerprint density at radius 1 is 0.872 bits per heavy atom. The van der Waals surface area contributed by atoms with E-state index in [1.165, 1.54) is 16.7 Å². The second kappa shape index (κ2) is 13.8. The Morgan fingerprint density at radius 2 is 1.55 bits per heavy atom. The summed E-state index contributed by atoms with van der Waals surface area (Å²) >= 11 is 0. The number of aromatic carboxylic acids is 1. The van der Waals surface area contributed by atoms with Crippen molar-refractivity contribution in [3.63, 3.8) is 0 Å². The van der Waals surface area contributed by atoms with Crippen LogP contribution in [0.4, 0.5) is 16.2 Å². The van der Waals surface area contributed by atoms with Crippen LogP contribution in [0, 0.1) is 0 Å². The summed E-state index contributed by atoms with van der Waals surface area (Å²) in [6.07, 6.45) is 0. The van der Waals surface area contributed by atoms with Crippen LogP contribution >= 0.6 is 0 Å². The smallest absolute Gasteiger partial charge is 0.335 e. The number of hydrogen-bond acceptors (Lipinski definition) is 8. The summed E-state index contributed by atoms with van der Waals surface area (Å²) in [6, 6.07) is 20.6. The Hall–Kier alpha value is -5.04. The van der Waals surface area contributed by atoms with Crippen LogP contribution in [0.5, 0.6) is 5.88 Å². The standard InChI is InChI=1S/C35H39N7O5/c1-38-18-20-40(21-19-38)23-30(43)39(2)27-11-9-26(10-12-27)37-32(24-6-4-3-5-7-24)31-28-13-8-25(34(45)46)22-29(28)42(33(31)44)35(47)41-16-14-36-15-17-41/h3-13,22,36,44H,14-21,23H2,1-2H3,(H,45,46). The molecule has 3 aromatic carbocycles. The lowest BCUT2D eigenvalue weighted by Crippen LogP contribution is -2.48. The minimum Gasteiger partial charge on any atom is -0.494 e. The van der Waals surface area contributed by atoms with Crippen molar-refractivity contribution in [2.24, 2.45) is 4.99 Å². The number of aromatic nitrogens is 1. The molecule has 3 heterocycles. The summed E-state index contributed by atoms with van der Waals surface area (Å²) in [6.45, 7) is 6.06. The monoisotopic (exact) mass is 637 g/mol. The lowest BCUT2D eigenvalue weighted by Gasteiger charge is -2.32. The van der Waals surface area contributed by atoms with Gasteiger partial charge in [-0.2, -0.15) is 0 Å². The van der Waals surface area contributed by atoms with Crippen molar-refractivity contribution >= 4 is 45.9 Å². The second-order valence-electron chi connectivity index (χ2n) is 12.0. The average Bonchev–Trinajstić information content (AvgIpc) is 3.39. The molecule has 0 unspecified atom stereocenters. The maximum atomic E-state index is 13.8. The Balaban J connectivity index is 1.39. The van der Waals surface area contributed by atoms with Gasteiger partial charge in [0, 0.05) is 76.0 Å². The molecule has 2 amide bonds. The number of likely N-dealkylation sites (N-methyl/N-ethyl adjacent to an activating group) is 2. The Labute approximate surface area is 273 Å². The molecule has 3 N–H and O–H groups in total. The van der Waals surface area contributed by atoms with E-state index in [4.69, 9.17) is 4.99 Å². The number of aromatic hydroxyl groups is 1. The van der Waals surface area contributed by atoms with Crippen molar-refractivity contribution in [2.45, 2.75) is 0 Å². The molecule has 2 fully saturated rings. The van der Waals surface area contributed by atoms with Crippen LogP contribution in [0.1, 0.15) is 21.5 Å². The fourth-order valence-electron chi connectivity index (χ4n) is 6.02. The fourth-order valence-corrected chi connectivity index (χ4v) is 6.02. The molecule has 0 atom stereocenters. The van der Waals surface area contributed by atoms with E-state index in [-0.39, 0.29) is 22.9 Å². The van der Waals surface area contributed by atoms with Gasteiger partial charge in [0.25, 0.3) is 0 Å². The van der Waals surface area contributed by atoms with E-state index < -0.39 is 12.0 Å². The van der Waals surface area contributed by atoms with Crippen molar-refractivity contribution in [3.8, 4) is 5.88 Å². The van der Waals surface area contributed by atoms with E-state index in [1.54, 1.807) is 22.9 Å². The number of fused-ring (bicyclic) bond motifs is 1. The zero-order valence-electron chi connectivity index (χ0n) is 26.6. The van der Waals surface area contributed by atoms with Gasteiger partial charge in [-0.1, -0.05) is 36.4 Å². The maximum absolute atomic E-state index is 13.8. The van der Waals surface area contributed by atoms with Crippen LogP contribution in [-0.4, -0.2) is 126 Å². The van der Waals surface area contributed by atoms with Crippen LogP contribution in [0.25, 0.3) is 10.9 Å². The molecule has 1 aromatic heterocycles. The molecule has 0 radical (unpaired) electrons. The molecular weight excluding hydrogens is 598 g/mol. The summed E-state index contributed by atoms with van der Waals surface area (Å²) in [5.41, 5.74) is 3.00. The number of hydrogen-bond donors (Lipinski definition) is 3. The number of carboxylic acids is 1. The number of nitrogens with zero attached hydrogens (tertiary/aromatic N) is 6. The van der Waals surface area contributed by atoms with E-state index in [1.807, 2.05) is 54.6 Å². The van der Waals surface area contributed by atoms with Crippen molar-refractivity contribution in [3.05, 3.63) is 89.5 Å². The van der Waals surface area contributed by atoms with Gasteiger partial charge in [-0.25, -0.2) is 19.1 Å². The van der Waals surface area contributed by atoms with Crippen molar-refractivity contribution in [1.29, 1.82) is 0 Å². The van der Waals surface area contributed by atoms with Gasteiger partial charge in [-0.15, -0.1) is 0 Å². The number of aliphatic imine (C=N–C) groups is 1. The van der Waals surface area contributed by atoms with Gasteiger partial charge in [0.2, 0.25) is 11.8 Å². The van der Waals surface area contributed by atoms with Gasteiger partial charge in [-0.05, 0) is 43.4 Å². The fraction of sp³-hybridized carbons (Fsp3) is 0.314. The van der Waals surface area contributed by atoms with Gasteiger partial charge in [-0.3, -0.25) is 9.69 Å². The first-order chi connectivity index (χ1) is 22.7. The number of nitrogens with one attached hydrogen (secondary N) is 1. The van der Waals surface area contributed by atoms with Crippen LogP contribution in [0.2, 0.25) is 0 Å². The molecule has 47 heavy (non-hydrogen) atoms. The maximum Gasteiger partial charge on any atom is 0.335 e. The van der Waals surface area contributed by atoms with Crippen molar-refractivity contribution in [1.82, 2.24) is 24.6 Å². The summed E-state index contributed by atoms with van der Waals surface area (Å²) in [5.74, 6) is -1.46. The Kier molecular flexibility index (Phi) is 9.34. The number of rotatable bonds is 7.